The van der Waals surface area contributed by atoms with E-state index in [1.807, 2.05) is 17.5 Å². The van der Waals surface area contributed by atoms with E-state index < -0.39 is 5.97 Å². The van der Waals surface area contributed by atoms with Gasteiger partial charge in [0.15, 0.2) is 5.69 Å². The smallest absolute Gasteiger partial charge is 0.356 e. The van der Waals surface area contributed by atoms with Crippen LogP contribution in [0.2, 0.25) is 0 Å². The van der Waals surface area contributed by atoms with Gasteiger partial charge < -0.3 is 5.11 Å². The van der Waals surface area contributed by atoms with Crippen LogP contribution in [0.4, 0.5) is 0 Å². The third-order valence-electron chi connectivity index (χ3n) is 1.99. The molecular weight excluding hydrogens is 214 g/mol. The monoisotopic (exact) mass is 223 g/mol. The molecule has 0 saturated carbocycles. The Bertz CT molecular complexity index is 476. The average molecular weight is 223 g/mol. The molecule has 2 heterocycles. The Kier molecular flexibility index (Phi) is 2.51. The number of aromatic carboxylic acids is 1. The van der Waals surface area contributed by atoms with Gasteiger partial charge in [-0.1, -0.05) is 11.3 Å². The van der Waals surface area contributed by atoms with Crippen LogP contribution in [0.25, 0.3) is 0 Å². The molecule has 0 saturated heterocycles. The maximum atomic E-state index is 10.9. The van der Waals surface area contributed by atoms with Crippen molar-refractivity contribution >= 4 is 17.3 Å². The van der Waals surface area contributed by atoms with E-state index in [1.165, 1.54) is 4.68 Å². The van der Waals surface area contributed by atoms with Crippen LogP contribution in [-0.2, 0) is 6.54 Å². The molecular formula is C9H9N3O2S. The second kappa shape index (κ2) is 3.82. The van der Waals surface area contributed by atoms with Crippen LogP contribution < -0.4 is 0 Å². The minimum Gasteiger partial charge on any atom is -0.476 e. The van der Waals surface area contributed by atoms with Crippen LogP contribution in [0.15, 0.2) is 17.5 Å². The zero-order chi connectivity index (χ0) is 10.8. The number of aromatic nitrogens is 3. The molecule has 0 spiro atoms. The fourth-order valence-electron chi connectivity index (χ4n) is 1.33. The van der Waals surface area contributed by atoms with Gasteiger partial charge in [-0.3, -0.25) is 0 Å². The Balaban J connectivity index is 2.33. The number of carboxylic acid groups (broad SMARTS) is 1. The number of aryl methyl sites for hydroxylation is 1. The van der Waals surface area contributed by atoms with Crippen molar-refractivity contribution in [2.45, 2.75) is 13.5 Å². The zero-order valence-corrected chi connectivity index (χ0v) is 8.86. The average Bonchev–Trinajstić information content (AvgIpc) is 2.76. The Morgan fingerprint density at radius 2 is 2.47 bits per heavy atom. The summed E-state index contributed by atoms with van der Waals surface area (Å²) in [5.74, 6) is -0.992. The van der Waals surface area contributed by atoms with Gasteiger partial charge in [-0.2, -0.15) is 0 Å². The molecule has 0 unspecified atom stereocenters. The SMILES string of the molecule is Cc1nnn(Cc2cccs2)c1C(=O)O. The van der Waals surface area contributed by atoms with Gasteiger partial charge in [-0.05, 0) is 18.4 Å². The predicted molar refractivity (Wildman–Crippen MR) is 55.1 cm³/mol. The highest BCUT2D eigenvalue weighted by molar-refractivity contribution is 7.09. The lowest BCUT2D eigenvalue weighted by Gasteiger charge is -2.00. The van der Waals surface area contributed by atoms with E-state index in [-0.39, 0.29) is 5.69 Å². The summed E-state index contributed by atoms with van der Waals surface area (Å²) in [5, 5.41) is 18.5. The van der Waals surface area contributed by atoms with E-state index in [0.717, 1.165) is 4.88 Å². The summed E-state index contributed by atoms with van der Waals surface area (Å²) in [6.07, 6.45) is 0. The van der Waals surface area contributed by atoms with Gasteiger partial charge in [0.1, 0.15) is 0 Å². The molecule has 15 heavy (non-hydrogen) atoms. The van der Waals surface area contributed by atoms with E-state index >= 15 is 0 Å². The highest BCUT2D eigenvalue weighted by Crippen LogP contribution is 2.12. The fourth-order valence-corrected chi connectivity index (χ4v) is 2.01. The van der Waals surface area contributed by atoms with Crippen molar-refractivity contribution in [3.63, 3.8) is 0 Å². The van der Waals surface area contributed by atoms with Crippen LogP contribution in [0.1, 0.15) is 21.1 Å². The topological polar surface area (TPSA) is 68.0 Å². The molecule has 6 heteroatoms. The lowest BCUT2D eigenvalue weighted by atomic mass is 10.3. The van der Waals surface area contributed by atoms with Crippen LogP contribution in [-0.4, -0.2) is 26.1 Å². The van der Waals surface area contributed by atoms with Crippen molar-refractivity contribution < 1.29 is 9.90 Å². The summed E-state index contributed by atoms with van der Waals surface area (Å²) in [6.45, 7) is 2.10. The Morgan fingerprint density at radius 3 is 3.07 bits per heavy atom. The minimum atomic E-state index is -0.992. The lowest BCUT2D eigenvalue weighted by molar-refractivity contribution is 0.0683. The first-order valence-corrected chi connectivity index (χ1v) is 5.22. The number of hydrogen-bond donors (Lipinski definition) is 1. The maximum absolute atomic E-state index is 10.9. The Hall–Kier alpha value is -1.69. The summed E-state index contributed by atoms with van der Waals surface area (Å²) < 4.78 is 1.41. The molecule has 2 rings (SSSR count). The Morgan fingerprint density at radius 1 is 1.67 bits per heavy atom. The van der Waals surface area contributed by atoms with E-state index in [2.05, 4.69) is 10.3 Å². The number of thiophene rings is 1. The molecule has 0 aromatic carbocycles. The highest BCUT2D eigenvalue weighted by Gasteiger charge is 2.16. The second-order valence-electron chi connectivity index (χ2n) is 3.07. The number of carboxylic acids is 1. The molecule has 0 atom stereocenters. The molecule has 0 fully saturated rings. The Labute approximate surface area is 90.0 Å². The van der Waals surface area contributed by atoms with Crippen LogP contribution >= 0.6 is 11.3 Å². The summed E-state index contributed by atoms with van der Waals surface area (Å²) in [6, 6.07) is 3.86. The van der Waals surface area contributed by atoms with E-state index in [9.17, 15) is 4.79 Å². The molecule has 5 nitrogen and oxygen atoms in total. The van der Waals surface area contributed by atoms with Gasteiger partial charge in [0.2, 0.25) is 0 Å². The first-order valence-electron chi connectivity index (χ1n) is 4.34. The number of rotatable bonds is 3. The normalized spacial score (nSPS) is 10.5. The molecule has 2 aromatic heterocycles. The molecule has 0 aliphatic heterocycles. The molecule has 78 valence electrons. The third-order valence-corrected chi connectivity index (χ3v) is 2.85. The first kappa shape index (κ1) is 9.85. The summed E-state index contributed by atoms with van der Waals surface area (Å²) >= 11 is 1.57. The lowest BCUT2D eigenvalue weighted by Crippen LogP contribution is -2.11. The van der Waals surface area contributed by atoms with E-state index in [4.69, 9.17) is 5.11 Å². The largest absolute Gasteiger partial charge is 0.476 e. The van der Waals surface area contributed by atoms with E-state index in [0.29, 0.717) is 12.2 Å². The summed E-state index contributed by atoms with van der Waals surface area (Å²) in [5.41, 5.74) is 0.599. The van der Waals surface area contributed by atoms with Crippen molar-refractivity contribution in [3.05, 3.63) is 33.8 Å². The highest BCUT2D eigenvalue weighted by atomic mass is 32.1. The zero-order valence-electron chi connectivity index (χ0n) is 8.04. The first-order chi connectivity index (χ1) is 7.18. The van der Waals surface area contributed by atoms with Crippen LogP contribution in [0, 0.1) is 6.92 Å². The second-order valence-corrected chi connectivity index (χ2v) is 4.10. The van der Waals surface area contributed by atoms with E-state index in [1.54, 1.807) is 18.3 Å². The number of hydrogen-bond acceptors (Lipinski definition) is 4. The van der Waals surface area contributed by atoms with Gasteiger partial charge >= 0.3 is 5.97 Å². The van der Waals surface area contributed by atoms with Gasteiger partial charge in [-0.25, -0.2) is 9.48 Å². The number of carbonyl (C=O) groups is 1. The predicted octanol–water partition coefficient (Wildman–Crippen LogP) is 1.39. The van der Waals surface area contributed by atoms with Gasteiger partial charge in [-0.15, -0.1) is 16.4 Å². The molecule has 0 aliphatic carbocycles. The molecule has 1 N–H and O–H groups in total. The van der Waals surface area contributed by atoms with Gasteiger partial charge in [0.05, 0.1) is 12.2 Å². The van der Waals surface area contributed by atoms with Crippen LogP contribution in [0.5, 0.6) is 0 Å². The van der Waals surface area contributed by atoms with Gasteiger partial charge in [0.25, 0.3) is 0 Å². The summed E-state index contributed by atoms with van der Waals surface area (Å²) in [7, 11) is 0. The molecule has 0 radical (unpaired) electrons. The van der Waals surface area contributed by atoms with Crippen molar-refractivity contribution in [1.82, 2.24) is 15.0 Å². The summed E-state index contributed by atoms with van der Waals surface area (Å²) in [4.78, 5) is 12.0. The molecule has 0 aliphatic rings. The van der Waals surface area contributed by atoms with Crippen LogP contribution in [0.3, 0.4) is 0 Å². The quantitative estimate of drug-likeness (QED) is 0.853. The third kappa shape index (κ3) is 1.89. The van der Waals surface area contributed by atoms with Gasteiger partial charge in [0, 0.05) is 4.88 Å². The number of nitrogens with zero attached hydrogens (tertiary/aromatic N) is 3. The van der Waals surface area contributed by atoms with Crippen molar-refractivity contribution in [3.8, 4) is 0 Å². The minimum absolute atomic E-state index is 0.156. The van der Waals surface area contributed by atoms with Crippen molar-refractivity contribution in [2.24, 2.45) is 0 Å². The molecule has 2 aromatic rings. The maximum Gasteiger partial charge on any atom is 0.356 e. The van der Waals surface area contributed by atoms with Crippen molar-refractivity contribution in [2.75, 3.05) is 0 Å². The molecule has 0 amide bonds. The molecule has 0 bridgehead atoms. The van der Waals surface area contributed by atoms with Crippen molar-refractivity contribution in [1.29, 1.82) is 0 Å². The fraction of sp³-hybridized carbons (Fsp3) is 0.222. The standard InChI is InChI=1S/C9H9N3O2S/c1-6-8(9(13)14)12(11-10-6)5-7-3-2-4-15-7/h2-4H,5H2,1H3,(H,13,14).